The lowest BCUT2D eigenvalue weighted by atomic mass is 10.1. The molecule has 0 aliphatic carbocycles. The third-order valence-corrected chi connectivity index (χ3v) is 5.10. The van der Waals surface area contributed by atoms with Gasteiger partial charge in [0.05, 0.1) is 31.7 Å². The number of imidazole rings is 1. The second-order valence-electron chi connectivity index (χ2n) is 7.04. The highest BCUT2D eigenvalue weighted by Gasteiger charge is 2.10. The van der Waals surface area contributed by atoms with E-state index in [4.69, 9.17) is 36.5 Å². The largest absolute Gasteiger partial charge is 0.495 e. The first-order valence-corrected chi connectivity index (χ1v) is 10.4. The molecule has 0 aliphatic rings. The minimum absolute atomic E-state index is 0.578. The third-order valence-electron chi connectivity index (χ3n) is 4.85. The minimum atomic E-state index is 0.578. The summed E-state index contributed by atoms with van der Waals surface area (Å²) in [6, 6.07) is 16.9. The van der Waals surface area contributed by atoms with E-state index in [-0.39, 0.29) is 0 Å². The smallest absolute Gasteiger partial charge is 0.180 e. The number of unbranched alkanes of at least 4 members (excludes halogenated alkanes) is 1. The average molecular weight is 438 g/mol. The Morgan fingerprint density at radius 1 is 0.968 bits per heavy atom. The van der Waals surface area contributed by atoms with E-state index in [2.05, 4.69) is 0 Å². The average Bonchev–Trinajstić information content (AvgIpc) is 3.22. The molecule has 2 aromatic heterocycles. The van der Waals surface area contributed by atoms with Gasteiger partial charge in [0.2, 0.25) is 0 Å². The minimum Gasteiger partial charge on any atom is -0.495 e. The van der Waals surface area contributed by atoms with Crippen molar-refractivity contribution in [1.29, 1.82) is 0 Å². The fourth-order valence-electron chi connectivity index (χ4n) is 3.24. The second-order valence-corrected chi connectivity index (χ2v) is 7.48. The van der Waals surface area contributed by atoms with Crippen molar-refractivity contribution in [3.8, 4) is 28.5 Å². The number of aromatic nitrogens is 2. The van der Waals surface area contributed by atoms with E-state index >= 15 is 0 Å². The second kappa shape index (κ2) is 9.62. The summed E-state index contributed by atoms with van der Waals surface area (Å²) in [7, 11) is 1.60. The Kier molecular flexibility index (Phi) is 6.48. The number of ether oxygens (including phenoxy) is 3. The summed E-state index contributed by atoms with van der Waals surface area (Å²) < 4.78 is 18.9. The number of pyridine rings is 1. The quantitative estimate of drug-likeness (QED) is 0.277. The van der Waals surface area contributed by atoms with Gasteiger partial charge in [0.25, 0.3) is 0 Å². The Hall–Kier alpha value is -3.38. The van der Waals surface area contributed by atoms with Crippen LogP contribution in [0.2, 0.25) is 5.02 Å². The predicted molar refractivity (Wildman–Crippen MR) is 123 cm³/mol. The van der Waals surface area contributed by atoms with Crippen molar-refractivity contribution in [1.82, 2.24) is 9.38 Å². The first kappa shape index (κ1) is 20.9. The van der Waals surface area contributed by atoms with Crippen LogP contribution in [0, 0.1) is 0 Å². The number of nitrogens with zero attached hydrogens (tertiary/aromatic N) is 2. The van der Waals surface area contributed by atoms with E-state index < -0.39 is 0 Å². The van der Waals surface area contributed by atoms with Crippen LogP contribution in [0.1, 0.15) is 12.8 Å². The van der Waals surface area contributed by atoms with Crippen LogP contribution in [-0.2, 0) is 0 Å². The fourth-order valence-corrected chi connectivity index (χ4v) is 3.37. The molecule has 160 valence electrons. The first-order chi connectivity index (χ1) is 15.1. The van der Waals surface area contributed by atoms with E-state index in [1.165, 1.54) is 0 Å². The monoisotopic (exact) mass is 437 g/mol. The number of fused-ring (bicyclic) bond motifs is 1. The number of hydrogen-bond donors (Lipinski definition) is 1. The molecule has 0 atom stereocenters. The standard InChI is InChI=1S/C24H24ClN3O3/c1-29-22-11-6-17(15-20(22)26)21-16-28-12-4-5-23(24(28)27-21)31-14-3-2-13-30-19-9-7-18(25)8-10-19/h4-12,15-16H,2-3,13-14,26H2,1H3. The van der Waals surface area contributed by atoms with Gasteiger partial charge in [-0.3, -0.25) is 0 Å². The zero-order chi connectivity index (χ0) is 21.6. The van der Waals surface area contributed by atoms with Crippen LogP contribution < -0.4 is 19.9 Å². The highest BCUT2D eigenvalue weighted by Crippen LogP contribution is 2.29. The highest BCUT2D eigenvalue weighted by molar-refractivity contribution is 6.30. The lowest BCUT2D eigenvalue weighted by molar-refractivity contribution is 0.267. The molecule has 0 bridgehead atoms. The van der Waals surface area contributed by atoms with Crippen molar-refractivity contribution in [3.63, 3.8) is 0 Å². The van der Waals surface area contributed by atoms with Gasteiger partial charge in [-0.2, -0.15) is 0 Å². The molecule has 2 heterocycles. The number of benzene rings is 2. The van der Waals surface area contributed by atoms with Crippen LogP contribution in [0.5, 0.6) is 17.2 Å². The summed E-state index contributed by atoms with van der Waals surface area (Å²) in [5.41, 5.74) is 9.13. The Morgan fingerprint density at radius 2 is 1.74 bits per heavy atom. The van der Waals surface area contributed by atoms with Crippen LogP contribution in [0.4, 0.5) is 5.69 Å². The summed E-state index contributed by atoms with van der Waals surface area (Å²) >= 11 is 5.88. The van der Waals surface area contributed by atoms with Crippen molar-refractivity contribution < 1.29 is 14.2 Å². The molecule has 2 aromatic carbocycles. The van der Waals surface area contributed by atoms with Crippen molar-refractivity contribution in [2.75, 3.05) is 26.1 Å². The summed E-state index contributed by atoms with van der Waals surface area (Å²) in [5.74, 6) is 2.21. The summed E-state index contributed by atoms with van der Waals surface area (Å²) in [6.07, 6.45) is 5.67. The zero-order valence-electron chi connectivity index (χ0n) is 17.3. The van der Waals surface area contributed by atoms with E-state index in [0.29, 0.717) is 29.7 Å². The van der Waals surface area contributed by atoms with Crippen molar-refractivity contribution in [2.24, 2.45) is 0 Å². The van der Waals surface area contributed by atoms with Crippen molar-refractivity contribution >= 4 is 22.9 Å². The van der Waals surface area contributed by atoms with Crippen LogP contribution in [0.3, 0.4) is 0 Å². The van der Waals surface area contributed by atoms with Crippen molar-refractivity contribution in [3.05, 3.63) is 72.0 Å². The number of anilines is 1. The normalized spacial score (nSPS) is 10.9. The Bertz CT molecular complexity index is 1160. The van der Waals surface area contributed by atoms with Gasteiger partial charge < -0.3 is 24.3 Å². The number of methoxy groups -OCH3 is 1. The molecule has 0 radical (unpaired) electrons. The molecule has 0 saturated heterocycles. The number of rotatable bonds is 9. The number of halogens is 1. The lowest BCUT2D eigenvalue weighted by Crippen LogP contribution is -2.03. The molecule has 0 spiro atoms. The molecule has 0 aliphatic heterocycles. The van der Waals surface area contributed by atoms with E-state index in [1.54, 1.807) is 7.11 Å². The van der Waals surface area contributed by atoms with E-state index in [1.807, 2.05) is 71.4 Å². The third kappa shape index (κ3) is 5.03. The van der Waals surface area contributed by atoms with Gasteiger partial charge in [-0.05, 0) is 67.4 Å². The summed E-state index contributed by atoms with van der Waals surface area (Å²) in [4.78, 5) is 4.75. The van der Waals surface area contributed by atoms with Gasteiger partial charge in [0.15, 0.2) is 11.4 Å². The molecule has 4 aromatic rings. The van der Waals surface area contributed by atoms with Gasteiger partial charge in [-0.15, -0.1) is 0 Å². The SMILES string of the molecule is COc1ccc(-c2cn3cccc(OCCCCOc4ccc(Cl)cc4)c3n2)cc1N. The molecule has 0 fully saturated rings. The molecule has 0 saturated carbocycles. The Morgan fingerprint density at radius 3 is 2.48 bits per heavy atom. The lowest BCUT2D eigenvalue weighted by Gasteiger charge is -2.08. The maximum Gasteiger partial charge on any atom is 0.180 e. The van der Waals surface area contributed by atoms with Gasteiger partial charge in [-0.1, -0.05) is 11.6 Å². The molecular weight excluding hydrogens is 414 g/mol. The molecule has 7 heteroatoms. The Labute approximate surface area is 186 Å². The summed E-state index contributed by atoms with van der Waals surface area (Å²) in [5, 5.41) is 0.701. The van der Waals surface area contributed by atoms with Crippen LogP contribution in [-0.4, -0.2) is 29.7 Å². The molecule has 4 rings (SSSR count). The van der Waals surface area contributed by atoms with Gasteiger partial charge in [0.1, 0.15) is 11.5 Å². The number of hydrogen-bond acceptors (Lipinski definition) is 5. The van der Waals surface area contributed by atoms with Crippen LogP contribution in [0.25, 0.3) is 16.9 Å². The highest BCUT2D eigenvalue weighted by atomic mass is 35.5. The van der Waals surface area contributed by atoms with Gasteiger partial charge in [-0.25, -0.2) is 4.98 Å². The Balaban J connectivity index is 1.35. The molecule has 2 N–H and O–H groups in total. The molecule has 0 amide bonds. The van der Waals surface area contributed by atoms with Crippen LogP contribution in [0.15, 0.2) is 67.0 Å². The van der Waals surface area contributed by atoms with Gasteiger partial charge >= 0.3 is 0 Å². The summed E-state index contributed by atoms with van der Waals surface area (Å²) in [6.45, 7) is 1.21. The topological polar surface area (TPSA) is 71.0 Å². The van der Waals surface area contributed by atoms with E-state index in [0.717, 1.165) is 41.2 Å². The molecule has 31 heavy (non-hydrogen) atoms. The van der Waals surface area contributed by atoms with E-state index in [9.17, 15) is 0 Å². The molecular formula is C24H24ClN3O3. The number of nitrogens with two attached hydrogens (primary N) is 1. The zero-order valence-corrected chi connectivity index (χ0v) is 18.0. The van der Waals surface area contributed by atoms with Gasteiger partial charge in [0, 0.05) is 23.0 Å². The molecule has 6 nitrogen and oxygen atoms in total. The first-order valence-electron chi connectivity index (χ1n) is 10.1. The molecule has 0 unspecified atom stereocenters. The van der Waals surface area contributed by atoms with Crippen LogP contribution >= 0.6 is 11.6 Å². The number of nitrogen functional groups attached to an aromatic ring is 1. The predicted octanol–water partition coefficient (Wildman–Crippen LogP) is 5.48. The maximum absolute atomic E-state index is 6.04. The maximum atomic E-state index is 6.04. The fraction of sp³-hybridized carbons (Fsp3) is 0.208. The van der Waals surface area contributed by atoms with Crippen molar-refractivity contribution in [2.45, 2.75) is 12.8 Å².